The Kier molecular flexibility index (Phi) is 3.36. The van der Waals surface area contributed by atoms with Crippen LogP contribution < -0.4 is 0 Å². The summed E-state index contributed by atoms with van der Waals surface area (Å²) in [6.45, 7) is 2.06. The Morgan fingerprint density at radius 3 is 2.17 bits per heavy atom. The molecule has 0 saturated heterocycles. The van der Waals surface area contributed by atoms with Gasteiger partial charge < -0.3 is 10.0 Å². The first-order valence-electron chi connectivity index (χ1n) is 6.11. The zero-order valence-corrected chi connectivity index (χ0v) is 10.6. The Morgan fingerprint density at radius 1 is 1.22 bits per heavy atom. The van der Waals surface area contributed by atoms with Crippen LogP contribution in [0, 0.1) is 5.92 Å². The number of carboxylic acid groups (broad SMARTS) is 1. The molecule has 1 N–H and O–H groups in total. The average Bonchev–Trinajstić information content (AvgIpc) is 3.20. The number of hydrogen-bond acceptors (Lipinski definition) is 2. The molecular formula is C14H17NO3. The van der Waals surface area contributed by atoms with Gasteiger partial charge in [0.05, 0.1) is 5.56 Å². The van der Waals surface area contributed by atoms with Gasteiger partial charge in [0.1, 0.15) is 0 Å². The lowest BCUT2D eigenvalue weighted by atomic mass is 10.1. The highest BCUT2D eigenvalue weighted by Gasteiger charge is 2.32. The second-order valence-electron chi connectivity index (χ2n) is 4.88. The molecule has 0 heterocycles. The maximum Gasteiger partial charge on any atom is 0.335 e. The van der Waals surface area contributed by atoms with Crippen LogP contribution in [0.15, 0.2) is 24.3 Å². The molecule has 1 saturated carbocycles. The Bertz CT molecular complexity index is 462. The van der Waals surface area contributed by atoms with E-state index < -0.39 is 5.97 Å². The Balaban J connectivity index is 2.10. The third-order valence-corrected chi connectivity index (χ3v) is 3.61. The fourth-order valence-corrected chi connectivity index (χ4v) is 2.04. The SMILES string of the molecule is CC(C1CC1)N(C)C(=O)c1ccc(C(=O)O)cc1. The van der Waals surface area contributed by atoms with E-state index in [2.05, 4.69) is 6.92 Å². The van der Waals surface area contributed by atoms with E-state index in [-0.39, 0.29) is 17.5 Å². The van der Waals surface area contributed by atoms with Gasteiger partial charge in [-0.15, -0.1) is 0 Å². The smallest absolute Gasteiger partial charge is 0.335 e. The van der Waals surface area contributed by atoms with Crippen molar-refractivity contribution in [1.29, 1.82) is 0 Å². The molecule has 0 aromatic heterocycles. The van der Waals surface area contributed by atoms with E-state index in [1.807, 2.05) is 0 Å². The summed E-state index contributed by atoms with van der Waals surface area (Å²) in [6.07, 6.45) is 2.38. The standard InChI is InChI=1S/C14H17NO3/c1-9(10-3-4-10)15(2)13(16)11-5-7-12(8-6-11)14(17)18/h5-10H,3-4H2,1-2H3,(H,17,18). The maximum absolute atomic E-state index is 12.2. The second kappa shape index (κ2) is 4.80. The molecular weight excluding hydrogens is 230 g/mol. The van der Waals surface area contributed by atoms with Crippen LogP contribution in [-0.4, -0.2) is 35.0 Å². The fraction of sp³-hybridized carbons (Fsp3) is 0.429. The molecule has 0 aliphatic heterocycles. The van der Waals surface area contributed by atoms with E-state index in [1.165, 1.54) is 25.0 Å². The average molecular weight is 247 g/mol. The van der Waals surface area contributed by atoms with E-state index >= 15 is 0 Å². The normalized spacial score (nSPS) is 16.1. The van der Waals surface area contributed by atoms with Gasteiger partial charge in [-0.2, -0.15) is 0 Å². The van der Waals surface area contributed by atoms with Gasteiger partial charge in [-0.25, -0.2) is 4.79 Å². The van der Waals surface area contributed by atoms with E-state index in [1.54, 1.807) is 24.1 Å². The Labute approximate surface area is 106 Å². The molecule has 1 amide bonds. The highest BCUT2D eigenvalue weighted by molar-refractivity contribution is 5.95. The number of hydrogen-bond donors (Lipinski definition) is 1. The maximum atomic E-state index is 12.2. The van der Waals surface area contributed by atoms with Crippen molar-refractivity contribution < 1.29 is 14.7 Å². The van der Waals surface area contributed by atoms with E-state index in [0.29, 0.717) is 11.5 Å². The summed E-state index contributed by atoms with van der Waals surface area (Å²) < 4.78 is 0. The summed E-state index contributed by atoms with van der Waals surface area (Å²) in [5.74, 6) is -0.405. The number of amides is 1. The van der Waals surface area contributed by atoms with Crippen molar-refractivity contribution in [1.82, 2.24) is 4.90 Å². The number of nitrogens with zero attached hydrogens (tertiary/aromatic N) is 1. The number of carboxylic acids is 1. The molecule has 1 atom stereocenters. The van der Waals surface area contributed by atoms with E-state index in [4.69, 9.17) is 5.11 Å². The van der Waals surface area contributed by atoms with Crippen molar-refractivity contribution in [2.24, 2.45) is 5.92 Å². The number of benzene rings is 1. The van der Waals surface area contributed by atoms with Gasteiger partial charge in [-0.3, -0.25) is 4.79 Å². The number of rotatable bonds is 4. The van der Waals surface area contributed by atoms with Gasteiger partial charge in [-0.1, -0.05) is 0 Å². The third kappa shape index (κ3) is 2.53. The van der Waals surface area contributed by atoms with Crippen molar-refractivity contribution in [2.75, 3.05) is 7.05 Å². The first kappa shape index (κ1) is 12.6. The van der Waals surface area contributed by atoms with E-state index in [9.17, 15) is 9.59 Å². The lowest BCUT2D eigenvalue weighted by molar-refractivity contribution is 0.0691. The van der Waals surface area contributed by atoms with Gasteiger partial charge >= 0.3 is 5.97 Å². The number of carbonyl (C=O) groups is 2. The van der Waals surface area contributed by atoms with Crippen molar-refractivity contribution in [3.8, 4) is 0 Å². The van der Waals surface area contributed by atoms with Crippen LogP contribution in [0.2, 0.25) is 0 Å². The summed E-state index contributed by atoms with van der Waals surface area (Å²) in [7, 11) is 1.80. The quantitative estimate of drug-likeness (QED) is 0.887. The molecule has 0 radical (unpaired) electrons. The lowest BCUT2D eigenvalue weighted by Gasteiger charge is -2.25. The van der Waals surface area contributed by atoms with Crippen LogP contribution in [-0.2, 0) is 0 Å². The molecule has 1 aliphatic carbocycles. The summed E-state index contributed by atoms with van der Waals surface area (Å²) in [5, 5.41) is 8.80. The van der Waals surface area contributed by atoms with Gasteiger partial charge in [0.2, 0.25) is 0 Å². The highest BCUT2D eigenvalue weighted by Crippen LogP contribution is 2.35. The van der Waals surface area contributed by atoms with Crippen molar-refractivity contribution >= 4 is 11.9 Å². The zero-order chi connectivity index (χ0) is 13.3. The van der Waals surface area contributed by atoms with Crippen LogP contribution >= 0.6 is 0 Å². The topological polar surface area (TPSA) is 57.6 Å². The molecule has 1 aromatic rings. The lowest BCUT2D eigenvalue weighted by Crippen LogP contribution is -2.36. The molecule has 18 heavy (non-hydrogen) atoms. The summed E-state index contributed by atoms with van der Waals surface area (Å²) >= 11 is 0. The van der Waals surface area contributed by atoms with Crippen LogP contribution in [0.4, 0.5) is 0 Å². The Morgan fingerprint density at radius 2 is 1.72 bits per heavy atom. The second-order valence-corrected chi connectivity index (χ2v) is 4.88. The molecule has 96 valence electrons. The van der Waals surface area contributed by atoms with Gasteiger partial charge in [-0.05, 0) is 49.9 Å². The van der Waals surface area contributed by atoms with Crippen LogP contribution in [0.5, 0.6) is 0 Å². The van der Waals surface area contributed by atoms with Crippen molar-refractivity contribution in [3.05, 3.63) is 35.4 Å². The van der Waals surface area contributed by atoms with Gasteiger partial charge in [0.15, 0.2) is 0 Å². The Hall–Kier alpha value is -1.84. The van der Waals surface area contributed by atoms with Gasteiger partial charge in [0.25, 0.3) is 5.91 Å². The van der Waals surface area contributed by atoms with Crippen LogP contribution in [0.1, 0.15) is 40.5 Å². The molecule has 0 bridgehead atoms. The third-order valence-electron chi connectivity index (χ3n) is 3.61. The monoisotopic (exact) mass is 247 g/mol. The van der Waals surface area contributed by atoms with E-state index in [0.717, 1.165) is 0 Å². The minimum atomic E-state index is -0.978. The first-order chi connectivity index (χ1) is 8.50. The molecule has 0 spiro atoms. The largest absolute Gasteiger partial charge is 0.478 e. The summed E-state index contributed by atoms with van der Waals surface area (Å²) in [6, 6.07) is 6.32. The predicted molar refractivity (Wildman–Crippen MR) is 67.7 cm³/mol. The molecule has 4 nitrogen and oxygen atoms in total. The number of carbonyl (C=O) groups excluding carboxylic acids is 1. The van der Waals surface area contributed by atoms with Crippen molar-refractivity contribution in [2.45, 2.75) is 25.8 Å². The highest BCUT2D eigenvalue weighted by atomic mass is 16.4. The molecule has 4 heteroatoms. The summed E-state index contributed by atoms with van der Waals surface area (Å²) in [5.41, 5.74) is 0.736. The molecule has 1 aliphatic rings. The van der Waals surface area contributed by atoms with Gasteiger partial charge in [0, 0.05) is 18.7 Å². The minimum absolute atomic E-state index is 0.0497. The molecule has 1 unspecified atom stereocenters. The van der Waals surface area contributed by atoms with Crippen molar-refractivity contribution in [3.63, 3.8) is 0 Å². The fourth-order valence-electron chi connectivity index (χ4n) is 2.04. The number of aromatic carboxylic acids is 1. The van der Waals surface area contributed by atoms with Crippen LogP contribution in [0.3, 0.4) is 0 Å². The molecule has 1 fully saturated rings. The molecule has 1 aromatic carbocycles. The summed E-state index contributed by atoms with van der Waals surface area (Å²) in [4.78, 5) is 24.6. The zero-order valence-electron chi connectivity index (χ0n) is 10.6. The molecule has 2 rings (SSSR count). The van der Waals surface area contributed by atoms with Crippen LogP contribution in [0.25, 0.3) is 0 Å². The predicted octanol–water partition coefficient (Wildman–Crippen LogP) is 2.26. The first-order valence-corrected chi connectivity index (χ1v) is 6.11. The minimum Gasteiger partial charge on any atom is -0.478 e.